The SMILES string of the molecule is COc1ccc(/C=N/NC(=O)Cc2cccs2)c(O)c1. The van der Waals surface area contributed by atoms with E-state index < -0.39 is 0 Å². The van der Waals surface area contributed by atoms with Crippen LogP contribution in [0.15, 0.2) is 40.8 Å². The molecular weight excluding hydrogens is 276 g/mol. The number of aromatic hydroxyl groups is 1. The lowest BCUT2D eigenvalue weighted by Gasteiger charge is -2.02. The molecule has 2 aromatic rings. The van der Waals surface area contributed by atoms with E-state index in [0.717, 1.165) is 4.88 Å². The van der Waals surface area contributed by atoms with Gasteiger partial charge in [-0.05, 0) is 23.6 Å². The third kappa shape index (κ3) is 3.83. The fourth-order valence-corrected chi connectivity index (χ4v) is 2.25. The first-order chi connectivity index (χ1) is 9.69. The summed E-state index contributed by atoms with van der Waals surface area (Å²) in [5.41, 5.74) is 2.92. The third-order valence-electron chi connectivity index (χ3n) is 2.55. The summed E-state index contributed by atoms with van der Waals surface area (Å²) >= 11 is 1.52. The molecule has 0 spiro atoms. The van der Waals surface area contributed by atoms with Crippen LogP contribution in [0.4, 0.5) is 0 Å². The van der Waals surface area contributed by atoms with Crippen molar-refractivity contribution in [3.63, 3.8) is 0 Å². The molecule has 0 aliphatic rings. The molecule has 0 bridgehead atoms. The van der Waals surface area contributed by atoms with E-state index in [0.29, 0.717) is 17.7 Å². The van der Waals surface area contributed by atoms with Crippen molar-refractivity contribution in [1.82, 2.24) is 5.43 Å². The highest BCUT2D eigenvalue weighted by Gasteiger charge is 2.03. The number of thiophene rings is 1. The third-order valence-corrected chi connectivity index (χ3v) is 3.42. The first kappa shape index (κ1) is 14.1. The number of carbonyl (C=O) groups is 1. The van der Waals surface area contributed by atoms with E-state index in [4.69, 9.17) is 4.74 Å². The van der Waals surface area contributed by atoms with Crippen molar-refractivity contribution in [2.45, 2.75) is 6.42 Å². The second-order valence-electron chi connectivity index (χ2n) is 3.97. The molecule has 1 heterocycles. The minimum atomic E-state index is -0.197. The number of hydrogen-bond acceptors (Lipinski definition) is 5. The van der Waals surface area contributed by atoms with Gasteiger partial charge in [0.25, 0.3) is 0 Å². The maximum atomic E-state index is 11.6. The van der Waals surface area contributed by atoms with Crippen molar-refractivity contribution in [1.29, 1.82) is 0 Å². The lowest BCUT2D eigenvalue weighted by Crippen LogP contribution is -2.19. The fourth-order valence-electron chi connectivity index (χ4n) is 1.54. The second-order valence-corrected chi connectivity index (χ2v) is 5.01. The Labute approximate surface area is 120 Å². The number of phenols is 1. The highest BCUT2D eigenvalue weighted by Crippen LogP contribution is 2.21. The van der Waals surface area contributed by atoms with E-state index >= 15 is 0 Å². The van der Waals surface area contributed by atoms with Gasteiger partial charge in [-0.2, -0.15) is 5.10 Å². The van der Waals surface area contributed by atoms with Crippen LogP contribution < -0.4 is 10.2 Å². The Kier molecular flexibility index (Phi) is 4.73. The van der Waals surface area contributed by atoms with Crippen molar-refractivity contribution >= 4 is 23.5 Å². The predicted octanol–water partition coefficient (Wildman–Crippen LogP) is 2.16. The molecule has 0 unspecified atom stereocenters. The Hall–Kier alpha value is -2.34. The summed E-state index contributed by atoms with van der Waals surface area (Å²) in [5, 5.41) is 15.4. The van der Waals surface area contributed by atoms with Crippen LogP contribution in [-0.4, -0.2) is 24.3 Å². The standard InChI is InChI=1S/C14H14N2O3S/c1-19-11-5-4-10(13(17)7-11)9-15-16-14(18)8-12-3-2-6-20-12/h2-7,9,17H,8H2,1H3,(H,16,18)/b15-9+. The number of phenolic OH excluding ortho intramolecular Hbond substituents is 1. The minimum Gasteiger partial charge on any atom is -0.507 e. The highest BCUT2D eigenvalue weighted by molar-refractivity contribution is 7.10. The molecule has 0 aliphatic carbocycles. The van der Waals surface area contributed by atoms with Crippen LogP contribution in [0.2, 0.25) is 0 Å². The zero-order valence-electron chi connectivity index (χ0n) is 10.9. The van der Waals surface area contributed by atoms with Crippen molar-refractivity contribution in [3.05, 3.63) is 46.2 Å². The topological polar surface area (TPSA) is 70.9 Å². The molecule has 5 nitrogen and oxygen atoms in total. The maximum Gasteiger partial charge on any atom is 0.245 e. The first-order valence-electron chi connectivity index (χ1n) is 5.90. The molecule has 0 saturated carbocycles. The van der Waals surface area contributed by atoms with Crippen LogP contribution in [0.25, 0.3) is 0 Å². The van der Waals surface area contributed by atoms with Crippen LogP contribution in [0, 0.1) is 0 Å². The van der Waals surface area contributed by atoms with Gasteiger partial charge in [0, 0.05) is 16.5 Å². The minimum absolute atomic E-state index is 0.0422. The van der Waals surface area contributed by atoms with Gasteiger partial charge in [-0.1, -0.05) is 6.07 Å². The van der Waals surface area contributed by atoms with Crippen molar-refractivity contribution < 1.29 is 14.6 Å². The summed E-state index contributed by atoms with van der Waals surface area (Å²) in [4.78, 5) is 12.6. The maximum absolute atomic E-state index is 11.6. The van der Waals surface area contributed by atoms with E-state index in [1.54, 1.807) is 12.1 Å². The number of methoxy groups -OCH3 is 1. The van der Waals surface area contributed by atoms with Gasteiger partial charge in [-0.15, -0.1) is 11.3 Å². The Morgan fingerprint density at radius 3 is 3.00 bits per heavy atom. The van der Waals surface area contributed by atoms with Crippen LogP contribution in [0.1, 0.15) is 10.4 Å². The number of nitrogens with zero attached hydrogens (tertiary/aromatic N) is 1. The monoisotopic (exact) mass is 290 g/mol. The number of amides is 1. The van der Waals surface area contributed by atoms with E-state index in [2.05, 4.69) is 10.5 Å². The molecule has 0 atom stereocenters. The number of nitrogens with one attached hydrogen (secondary N) is 1. The lowest BCUT2D eigenvalue weighted by molar-refractivity contribution is -0.120. The Morgan fingerprint density at radius 1 is 1.50 bits per heavy atom. The predicted molar refractivity (Wildman–Crippen MR) is 78.4 cm³/mol. The molecule has 104 valence electrons. The molecule has 20 heavy (non-hydrogen) atoms. The zero-order valence-corrected chi connectivity index (χ0v) is 11.7. The number of rotatable bonds is 5. The largest absolute Gasteiger partial charge is 0.507 e. The van der Waals surface area contributed by atoms with E-state index in [-0.39, 0.29) is 11.7 Å². The molecule has 0 aliphatic heterocycles. The summed E-state index contributed by atoms with van der Waals surface area (Å²) in [6.45, 7) is 0. The van der Waals surface area contributed by atoms with Crippen molar-refractivity contribution in [2.24, 2.45) is 5.10 Å². The number of hydrogen-bond donors (Lipinski definition) is 2. The second kappa shape index (κ2) is 6.72. The number of carbonyl (C=O) groups excluding carboxylic acids is 1. The summed E-state index contributed by atoms with van der Waals surface area (Å²) in [6.07, 6.45) is 1.69. The van der Waals surface area contributed by atoms with Crippen LogP contribution in [0.5, 0.6) is 11.5 Å². The molecule has 6 heteroatoms. The van der Waals surface area contributed by atoms with Gasteiger partial charge in [-0.25, -0.2) is 5.43 Å². The molecule has 0 radical (unpaired) electrons. The molecule has 0 saturated heterocycles. The fraction of sp³-hybridized carbons (Fsp3) is 0.143. The van der Waals surface area contributed by atoms with Gasteiger partial charge >= 0.3 is 0 Å². The van der Waals surface area contributed by atoms with E-state index in [1.165, 1.54) is 30.7 Å². The quantitative estimate of drug-likeness (QED) is 0.655. The van der Waals surface area contributed by atoms with Gasteiger partial charge in [0.15, 0.2) is 0 Å². The van der Waals surface area contributed by atoms with Gasteiger partial charge in [0.1, 0.15) is 11.5 Å². The van der Waals surface area contributed by atoms with Crippen LogP contribution in [0.3, 0.4) is 0 Å². The van der Waals surface area contributed by atoms with Gasteiger partial charge in [0.2, 0.25) is 5.91 Å². The molecule has 2 N–H and O–H groups in total. The van der Waals surface area contributed by atoms with Gasteiger partial charge in [0.05, 0.1) is 19.7 Å². The molecule has 2 rings (SSSR count). The number of ether oxygens (including phenoxy) is 1. The lowest BCUT2D eigenvalue weighted by atomic mass is 10.2. The Bertz CT molecular complexity index is 609. The average Bonchev–Trinajstić information content (AvgIpc) is 2.93. The highest BCUT2D eigenvalue weighted by atomic mass is 32.1. The molecule has 1 aromatic carbocycles. The summed E-state index contributed by atoms with van der Waals surface area (Å²) < 4.78 is 4.98. The zero-order chi connectivity index (χ0) is 14.4. The van der Waals surface area contributed by atoms with Crippen molar-refractivity contribution in [3.8, 4) is 11.5 Å². The van der Waals surface area contributed by atoms with E-state index in [1.807, 2.05) is 17.5 Å². The molecule has 1 aromatic heterocycles. The Balaban J connectivity index is 1.91. The molecule has 1 amide bonds. The summed E-state index contributed by atoms with van der Waals surface area (Å²) in [6, 6.07) is 8.63. The number of benzene rings is 1. The van der Waals surface area contributed by atoms with Crippen LogP contribution >= 0.6 is 11.3 Å². The first-order valence-corrected chi connectivity index (χ1v) is 6.78. The van der Waals surface area contributed by atoms with Gasteiger partial charge < -0.3 is 9.84 Å². The Morgan fingerprint density at radius 2 is 2.35 bits per heavy atom. The normalized spacial score (nSPS) is 10.7. The molecule has 0 fully saturated rings. The smallest absolute Gasteiger partial charge is 0.245 e. The summed E-state index contributed by atoms with van der Waals surface area (Å²) in [7, 11) is 1.52. The van der Waals surface area contributed by atoms with E-state index in [9.17, 15) is 9.90 Å². The summed E-state index contributed by atoms with van der Waals surface area (Å²) in [5.74, 6) is 0.402. The molecular formula is C14H14N2O3S. The van der Waals surface area contributed by atoms with Crippen LogP contribution in [-0.2, 0) is 11.2 Å². The van der Waals surface area contributed by atoms with Crippen molar-refractivity contribution in [2.75, 3.05) is 7.11 Å². The van der Waals surface area contributed by atoms with Gasteiger partial charge in [-0.3, -0.25) is 4.79 Å². The number of hydrazone groups is 1. The average molecular weight is 290 g/mol.